The molecule has 0 saturated heterocycles. The van der Waals surface area contributed by atoms with Crippen LogP contribution in [0.2, 0.25) is 0 Å². The van der Waals surface area contributed by atoms with Gasteiger partial charge in [-0.05, 0) is 30.3 Å². The topological polar surface area (TPSA) is 114 Å². The first-order valence-electron chi connectivity index (χ1n) is 10.2. The van der Waals surface area contributed by atoms with E-state index in [9.17, 15) is 19.8 Å². The van der Waals surface area contributed by atoms with E-state index in [1.807, 2.05) is 24.3 Å². The molecule has 1 aromatic heterocycles. The van der Waals surface area contributed by atoms with Gasteiger partial charge < -0.3 is 20.3 Å². The summed E-state index contributed by atoms with van der Waals surface area (Å²) in [6, 6.07) is 25.2. The monoisotopic (exact) mass is 443 g/mol. The van der Waals surface area contributed by atoms with Crippen LogP contribution >= 0.6 is 0 Å². The highest BCUT2D eigenvalue weighted by molar-refractivity contribution is 5.93. The third kappa shape index (κ3) is 5.19. The second-order valence-corrected chi connectivity index (χ2v) is 7.21. The number of para-hydroxylation sites is 3. The maximum absolute atomic E-state index is 12.9. The van der Waals surface area contributed by atoms with Gasteiger partial charge in [0.2, 0.25) is 5.88 Å². The summed E-state index contributed by atoms with van der Waals surface area (Å²) in [6.07, 6.45) is -0.369. The van der Waals surface area contributed by atoms with Crippen molar-refractivity contribution in [3.05, 3.63) is 102 Å². The van der Waals surface area contributed by atoms with Crippen molar-refractivity contribution < 1.29 is 24.5 Å². The number of amides is 1. The molecule has 0 aliphatic rings. The second kappa shape index (κ2) is 9.69. The first kappa shape index (κ1) is 21.6. The predicted octanol–water partition coefficient (Wildman–Crippen LogP) is 4.32. The minimum Gasteiger partial charge on any atom is -0.493 e. The Balaban J connectivity index is 1.61. The largest absolute Gasteiger partial charge is 0.493 e. The Morgan fingerprint density at radius 1 is 0.939 bits per heavy atom. The summed E-state index contributed by atoms with van der Waals surface area (Å²) in [5, 5.41) is 26.6. The van der Waals surface area contributed by atoms with Crippen LogP contribution in [0.3, 0.4) is 0 Å². The molecule has 0 bridgehead atoms. The van der Waals surface area contributed by atoms with Crippen molar-refractivity contribution in [3.63, 3.8) is 0 Å². The molecule has 0 aliphatic carbocycles. The van der Waals surface area contributed by atoms with Crippen LogP contribution < -0.4 is 10.1 Å². The molecular formula is C25H21N3O5. The number of ether oxygens (including phenoxy) is 1. The average molecular weight is 443 g/mol. The van der Waals surface area contributed by atoms with E-state index in [4.69, 9.17) is 4.74 Å². The molecule has 4 rings (SSSR count). The molecular weight excluding hydrogens is 422 g/mol. The van der Waals surface area contributed by atoms with E-state index >= 15 is 0 Å². The first-order chi connectivity index (χ1) is 16.0. The van der Waals surface area contributed by atoms with Crippen molar-refractivity contribution in [2.45, 2.75) is 12.5 Å². The maximum Gasteiger partial charge on any atom is 0.305 e. The minimum atomic E-state index is -1.09. The van der Waals surface area contributed by atoms with Gasteiger partial charge in [0.1, 0.15) is 11.5 Å². The Morgan fingerprint density at radius 2 is 1.58 bits per heavy atom. The van der Waals surface area contributed by atoms with Crippen LogP contribution in [0.4, 0.5) is 0 Å². The van der Waals surface area contributed by atoms with E-state index in [1.54, 1.807) is 60.7 Å². The Kier molecular flexibility index (Phi) is 6.36. The van der Waals surface area contributed by atoms with Gasteiger partial charge in [-0.15, -0.1) is 0 Å². The fourth-order valence-corrected chi connectivity index (χ4v) is 3.36. The molecule has 3 N–H and O–H groups in total. The van der Waals surface area contributed by atoms with Gasteiger partial charge in [0.15, 0.2) is 5.69 Å². The number of nitrogens with one attached hydrogen (secondary N) is 1. The van der Waals surface area contributed by atoms with Crippen molar-refractivity contribution in [1.82, 2.24) is 15.1 Å². The zero-order valence-corrected chi connectivity index (χ0v) is 17.5. The SMILES string of the molecule is O=C(O)CC(NC(=O)c1cc(O)n(-c2ccccc2)n1)c1ccccc1Oc1ccccc1. The van der Waals surface area contributed by atoms with Gasteiger partial charge >= 0.3 is 5.97 Å². The summed E-state index contributed by atoms with van der Waals surface area (Å²) in [5.41, 5.74) is 1.04. The number of aromatic hydroxyl groups is 1. The summed E-state index contributed by atoms with van der Waals surface area (Å²) >= 11 is 0. The number of hydrogen-bond acceptors (Lipinski definition) is 5. The third-order valence-corrected chi connectivity index (χ3v) is 4.87. The van der Waals surface area contributed by atoms with Crippen LogP contribution in [0.1, 0.15) is 28.5 Å². The molecule has 1 unspecified atom stereocenters. The molecule has 8 heteroatoms. The molecule has 8 nitrogen and oxygen atoms in total. The van der Waals surface area contributed by atoms with Gasteiger partial charge in [-0.3, -0.25) is 9.59 Å². The quantitative estimate of drug-likeness (QED) is 0.374. The lowest BCUT2D eigenvalue weighted by molar-refractivity contribution is -0.137. The number of carbonyl (C=O) groups is 2. The molecule has 0 radical (unpaired) electrons. The summed E-state index contributed by atoms with van der Waals surface area (Å²) in [5.74, 6) is -0.924. The van der Waals surface area contributed by atoms with Crippen molar-refractivity contribution in [2.24, 2.45) is 0 Å². The number of nitrogens with zero attached hydrogens (tertiary/aromatic N) is 2. The number of benzene rings is 3. The van der Waals surface area contributed by atoms with E-state index in [0.29, 0.717) is 22.7 Å². The first-order valence-corrected chi connectivity index (χ1v) is 10.2. The van der Waals surface area contributed by atoms with Crippen LogP contribution in [0, 0.1) is 0 Å². The van der Waals surface area contributed by atoms with Gasteiger partial charge in [-0.2, -0.15) is 5.10 Å². The number of hydrogen-bond donors (Lipinski definition) is 3. The normalized spacial score (nSPS) is 11.5. The number of aromatic nitrogens is 2. The summed E-state index contributed by atoms with van der Waals surface area (Å²) in [4.78, 5) is 24.5. The zero-order valence-electron chi connectivity index (χ0n) is 17.5. The lowest BCUT2D eigenvalue weighted by Crippen LogP contribution is -2.30. The van der Waals surface area contributed by atoms with Gasteiger partial charge in [0.05, 0.1) is 18.2 Å². The van der Waals surface area contributed by atoms with Crippen molar-refractivity contribution in [1.29, 1.82) is 0 Å². The van der Waals surface area contributed by atoms with E-state index in [-0.39, 0.29) is 18.0 Å². The highest BCUT2D eigenvalue weighted by Crippen LogP contribution is 2.31. The Bertz CT molecular complexity index is 1260. The molecule has 0 saturated carbocycles. The van der Waals surface area contributed by atoms with Gasteiger partial charge in [-0.1, -0.05) is 54.6 Å². The van der Waals surface area contributed by atoms with Crippen molar-refractivity contribution in [2.75, 3.05) is 0 Å². The maximum atomic E-state index is 12.9. The van der Waals surface area contributed by atoms with E-state index in [2.05, 4.69) is 10.4 Å². The molecule has 1 heterocycles. The number of carboxylic acids is 1. The smallest absolute Gasteiger partial charge is 0.305 e. The summed E-state index contributed by atoms with van der Waals surface area (Å²) in [6.45, 7) is 0. The lowest BCUT2D eigenvalue weighted by Gasteiger charge is -2.20. The number of aliphatic carboxylic acids is 1. The molecule has 0 aliphatic heterocycles. The van der Waals surface area contributed by atoms with Gasteiger partial charge in [0, 0.05) is 11.6 Å². The Hall–Kier alpha value is -4.59. The Morgan fingerprint density at radius 3 is 2.27 bits per heavy atom. The van der Waals surface area contributed by atoms with Gasteiger partial charge in [-0.25, -0.2) is 4.68 Å². The zero-order chi connectivity index (χ0) is 23.2. The van der Waals surface area contributed by atoms with Gasteiger partial charge in [0.25, 0.3) is 5.91 Å². The number of carboxylic acid groups (broad SMARTS) is 1. The number of carbonyl (C=O) groups excluding carboxylic acids is 1. The minimum absolute atomic E-state index is 0.0480. The molecule has 0 spiro atoms. The van der Waals surface area contributed by atoms with Crippen LogP contribution in [0.15, 0.2) is 91.0 Å². The second-order valence-electron chi connectivity index (χ2n) is 7.21. The standard InChI is InChI=1S/C25H21N3O5/c29-23-15-21(27-28(23)17-9-3-1-4-10-17)25(32)26-20(16-24(30)31)19-13-7-8-14-22(19)33-18-11-5-2-6-12-18/h1-15,20,29H,16H2,(H,26,32)(H,30,31). The molecule has 33 heavy (non-hydrogen) atoms. The van der Waals surface area contributed by atoms with Crippen molar-refractivity contribution >= 4 is 11.9 Å². The van der Waals surface area contributed by atoms with E-state index in [1.165, 1.54) is 10.7 Å². The highest BCUT2D eigenvalue weighted by atomic mass is 16.5. The number of rotatable bonds is 8. The van der Waals surface area contributed by atoms with Crippen LogP contribution in [-0.2, 0) is 4.79 Å². The summed E-state index contributed by atoms with van der Waals surface area (Å²) < 4.78 is 7.17. The predicted molar refractivity (Wildman–Crippen MR) is 121 cm³/mol. The van der Waals surface area contributed by atoms with Crippen LogP contribution in [0.5, 0.6) is 17.4 Å². The fourth-order valence-electron chi connectivity index (χ4n) is 3.36. The van der Waals surface area contributed by atoms with Crippen LogP contribution in [-0.4, -0.2) is 31.9 Å². The molecule has 1 atom stereocenters. The lowest BCUT2D eigenvalue weighted by atomic mass is 10.0. The third-order valence-electron chi connectivity index (χ3n) is 4.87. The van der Waals surface area contributed by atoms with Crippen molar-refractivity contribution in [3.8, 4) is 23.1 Å². The average Bonchev–Trinajstić information content (AvgIpc) is 3.22. The van der Waals surface area contributed by atoms with E-state index < -0.39 is 17.9 Å². The fraction of sp³-hybridized carbons (Fsp3) is 0.0800. The molecule has 166 valence electrons. The molecule has 1 amide bonds. The highest BCUT2D eigenvalue weighted by Gasteiger charge is 2.24. The molecule has 3 aromatic carbocycles. The molecule has 0 fully saturated rings. The van der Waals surface area contributed by atoms with E-state index in [0.717, 1.165) is 0 Å². The summed E-state index contributed by atoms with van der Waals surface area (Å²) in [7, 11) is 0. The van der Waals surface area contributed by atoms with Crippen LogP contribution in [0.25, 0.3) is 5.69 Å². The molecule has 4 aromatic rings. The Labute approximate surface area is 189 Å².